The van der Waals surface area contributed by atoms with E-state index in [4.69, 9.17) is 4.74 Å². The van der Waals surface area contributed by atoms with E-state index in [-0.39, 0.29) is 0 Å². The first kappa shape index (κ1) is 12.5. The zero-order valence-corrected chi connectivity index (χ0v) is 10.9. The zero-order valence-electron chi connectivity index (χ0n) is 10.9. The number of phenols is 1. The molecule has 0 radical (unpaired) electrons. The molecule has 2 aromatic rings. The number of rotatable bonds is 3. The van der Waals surface area contributed by atoms with E-state index < -0.39 is 0 Å². The van der Waals surface area contributed by atoms with E-state index in [9.17, 15) is 5.11 Å². The van der Waals surface area contributed by atoms with E-state index in [0.717, 1.165) is 35.8 Å². The summed E-state index contributed by atoms with van der Waals surface area (Å²) in [5.74, 6) is 0.307. The first-order valence-corrected chi connectivity index (χ1v) is 6.85. The molecule has 1 saturated heterocycles. The molecule has 2 aromatic carbocycles. The van der Waals surface area contributed by atoms with Gasteiger partial charge in [-0.3, -0.25) is 0 Å². The summed E-state index contributed by atoms with van der Waals surface area (Å²) in [5.41, 5.74) is 1.16. The number of aromatic hydroxyl groups is 1. The van der Waals surface area contributed by atoms with Gasteiger partial charge in [0.05, 0.1) is 12.7 Å². The second-order valence-electron chi connectivity index (χ2n) is 5.15. The summed E-state index contributed by atoms with van der Waals surface area (Å²) in [5, 5.41) is 15.1. The second kappa shape index (κ2) is 5.59. The standard InChI is InChI=1S/C16H19NO2/c18-15-6-5-13-4-3-12(8-14(13)9-15)11-19-16-2-1-7-17-10-16/h3-6,8-9,16-18H,1-2,7,10-11H2. The number of nitrogens with one attached hydrogen (secondary N) is 1. The van der Waals surface area contributed by atoms with E-state index in [1.165, 1.54) is 6.42 Å². The summed E-state index contributed by atoms with van der Waals surface area (Å²) in [6.07, 6.45) is 2.66. The molecule has 0 aromatic heterocycles. The second-order valence-corrected chi connectivity index (χ2v) is 5.15. The predicted molar refractivity (Wildman–Crippen MR) is 76.3 cm³/mol. The molecule has 0 aliphatic carbocycles. The first-order chi connectivity index (χ1) is 9.31. The molecule has 3 nitrogen and oxygen atoms in total. The van der Waals surface area contributed by atoms with Crippen molar-refractivity contribution >= 4 is 10.8 Å². The van der Waals surface area contributed by atoms with Gasteiger partial charge in [-0.2, -0.15) is 0 Å². The van der Waals surface area contributed by atoms with Crippen LogP contribution in [0.3, 0.4) is 0 Å². The Kier molecular flexibility index (Phi) is 3.67. The van der Waals surface area contributed by atoms with E-state index in [1.807, 2.05) is 6.07 Å². The van der Waals surface area contributed by atoms with Crippen LogP contribution in [0.4, 0.5) is 0 Å². The maximum atomic E-state index is 9.52. The minimum absolute atomic E-state index is 0.307. The van der Waals surface area contributed by atoms with Gasteiger partial charge in [0.1, 0.15) is 5.75 Å². The minimum atomic E-state index is 0.307. The van der Waals surface area contributed by atoms with Crippen LogP contribution in [0, 0.1) is 0 Å². The Morgan fingerprint density at radius 1 is 1.16 bits per heavy atom. The average Bonchev–Trinajstić information content (AvgIpc) is 2.46. The molecule has 1 unspecified atom stereocenters. The maximum absolute atomic E-state index is 9.52. The van der Waals surface area contributed by atoms with Crippen LogP contribution in [-0.4, -0.2) is 24.3 Å². The normalized spacial score (nSPS) is 19.7. The zero-order chi connectivity index (χ0) is 13.1. The molecule has 2 N–H and O–H groups in total. The molecule has 1 aliphatic heterocycles. The summed E-state index contributed by atoms with van der Waals surface area (Å²) in [6.45, 7) is 2.70. The van der Waals surface area contributed by atoms with Gasteiger partial charge in [-0.15, -0.1) is 0 Å². The van der Waals surface area contributed by atoms with Crippen LogP contribution >= 0.6 is 0 Å². The van der Waals surface area contributed by atoms with Crippen molar-refractivity contribution < 1.29 is 9.84 Å². The van der Waals surface area contributed by atoms with Gasteiger partial charge in [0.15, 0.2) is 0 Å². The molecule has 1 fully saturated rings. The molecule has 1 aliphatic rings. The number of ether oxygens (including phenoxy) is 1. The molecule has 1 atom stereocenters. The lowest BCUT2D eigenvalue weighted by Gasteiger charge is -2.23. The van der Waals surface area contributed by atoms with Crippen molar-refractivity contribution in [1.82, 2.24) is 5.32 Å². The maximum Gasteiger partial charge on any atom is 0.116 e. The summed E-state index contributed by atoms with van der Waals surface area (Å²) in [6, 6.07) is 11.7. The van der Waals surface area contributed by atoms with Crippen molar-refractivity contribution in [2.24, 2.45) is 0 Å². The fourth-order valence-corrected chi connectivity index (χ4v) is 2.55. The van der Waals surface area contributed by atoms with Crippen molar-refractivity contribution in [1.29, 1.82) is 0 Å². The Morgan fingerprint density at radius 3 is 2.89 bits per heavy atom. The van der Waals surface area contributed by atoms with Gasteiger partial charge in [-0.25, -0.2) is 0 Å². The molecule has 0 saturated carbocycles. The number of benzene rings is 2. The smallest absolute Gasteiger partial charge is 0.116 e. The van der Waals surface area contributed by atoms with Gasteiger partial charge in [-0.1, -0.05) is 18.2 Å². The third-order valence-corrected chi connectivity index (χ3v) is 3.63. The SMILES string of the molecule is Oc1ccc2ccc(COC3CCCNC3)cc2c1. The summed E-state index contributed by atoms with van der Waals surface area (Å²) in [7, 11) is 0. The Bertz CT molecular complexity index is 562. The van der Waals surface area contributed by atoms with Gasteiger partial charge in [0, 0.05) is 6.54 Å². The lowest BCUT2D eigenvalue weighted by Crippen LogP contribution is -2.35. The number of phenolic OH excluding ortho intramolecular Hbond substituents is 1. The lowest BCUT2D eigenvalue weighted by molar-refractivity contribution is 0.0253. The van der Waals surface area contributed by atoms with E-state index in [2.05, 4.69) is 23.5 Å². The number of piperidine rings is 1. The fraction of sp³-hybridized carbons (Fsp3) is 0.375. The van der Waals surface area contributed by atoms with Crippen LogP contribution in [0.1, 0.15) is 18.4 Å². The van der Waals surface area contributed by atoms with Crippen LogP contribution in [0.5, 0.6) is 5.75 Å². The summed E-state index contributed by atoms with van der Waals surface area (Å²) in [4.78, 5) is 0. The molecule has 0 amide bonds. The van der Waals surface area contributed by atoms with Crippen LogP contribution in [0.15, 0.2) is 36.4 Å². The molecular weight excluding hydrogens is 238 g/mol. The van der Waals surface area contributed by atoms with Gasteiger partial charge in [0.2, 0.25) is 0 Å². The van der Waals surface area contributed by atoms with Crippen LogP contribution in [0.2, 0.25) is 0 Å². The van der Waals surface area contributed by atoms with E-state index >= 15 is 0 Å². The average molecular weight is 257 g/mol. The molecule has 0 bridgehead atoms. The van der Waals surface area contributed by atoms with Gasteiger partial charge < -0.3 is 15.2 Å². The van der Waals surface area contributed by atoms with Crippen molar-refractivity contribution in [3.63, 3.8) is 0 Å². The molecule has 19 heavy (non-hydrogen) atoms. The Balaban J connectivity index is 1.70. The van der Waals surface area contributed by atoms with Crippen molar-refractivity contribution in [3.05, 3.63) is 42.0 Å². The third-order valence-electron chi connectivity index (χ3n) is 3.63. The highest BCUT2D eigenvalue weighted by molar-refractivity contribution is 5.84. The van der Waals surface area contributed by atoms with Crippen LogP contribution in [-0.2, 0) is 11.3 Å². The number of hydrogen-bond donors (Lipinski definition) is 2. The van der Waals surface area contributed by atoms with Gasteiger partial charge in [0.25, 0.3) is 0 Å². The van der Waals surface area contributed by atoms with E-state index in [0.29, 0.717) is 18.5 Å². The van der Waals surface area contributed by atoms with Crippen molar-refractivity contribution in [2.75, 3.05) is 13.1 Å². The number of hydrogen-bond acceptors (Lipinski definition) is 3. The summed E-state index contributed by atoms with van der Waals surface area (Å²) < 4.78 is 5.92. The minimum Gasteiger partial charge on any atom is -0.508 e. The quantitative estimate of drug-likeness (QED) is 0.888. The first-order valence-electron chi connectivity index (χ1n) is 6.85. The highest BCUT2D eigenvalue weighted by Gasteiger charge is 2.13. The molecule has 3 heteroatoms. The van der Waals surface area contributed by atoms with Gasteiger partial charge >= 0.3 is 0 Å². The van der Waals surface area contributed by atoms with E-state index in [1.54, 1.807) is 12.1 Å². The number of fused-ring (bicyclic) bond motifs is 1. The molecule has 3 rings (SSSR count). The predicted octanol–water partition coefficient (Wildman–Crippen LogP) is 2.81. The third kappa shape index (κ3) is 3.06. The lowest BCUT2D eigenvalue weighted by atomic mass is 10.1. The highest BCUT2D eigenvalue weighted by Crippen LogP contribution is 2.22. The topological polar surface area (TPSA) is 41.5 Å². The molecule has 1 heterocycles. The molecule has 100 valence electrons. The largest absolute Gasteiger partial charge is 0.508 e. The van der Waals surface area contributed by atoms with Gasteiger partial charge in [-0.05, 0) is 53.9 Å². The summed E-state index contributed by atoms with van der Waals surface area (Å²) >= 11 is 0. The Labute approximate surface area is 113 Å². The van der Waals surface area contributed by atoms with Crippen LogP contribution < -0.4 is 5.32 Å². The highest BCUT2D eigenvalue weighted by atomic mass is 16.5. The van der Waals surface area contributed by atoms with Crippen molar-refractivity contribution in [2.45, 2.75) is 25.6 Å². The monoisotopic (exact) mass is 257 g/mol. The molecule has 0 spiro atoms. The Hall–Kier alpha value is -1.58. The Morgan fingerprint density at radius 2 is 2.05 bits per heavy atom. The van der Waals surface area contributed by atoms with Crippen molar-refractivity contribution in [3.8, 4) is 5.75 Å². The fourth-order valence-electron chi connectivity index (χ4n) is 2.55. The molecular formula is C16H19NO2. The van der Waals surface area contributed by atoms with Crippen LogP contribution in [0.25, 0.3) is 10.8 Å².